The second kappa shape index (κ2) is 10.3. The van der Waals surface area contributed by atoms with Gasteiger partial charge >= 0.3 is 0 Å². The van der Waals surface area contributed by atoms with Gasteiger partial charge in [0, 0.05) is 12.6 Å². The summed E-state index contributed by atoms with van der Waals surface area (Å²) in [5.41, 5.74) is -1.58. The molecule has 1 aliphatic heterocycles. The number of amides is 2. The molecule has 0 spiro atoms. The fourth-order valence-corrected chi connectivity index (χ4v) is 6.23. The SMILES string of the molecule is CCCS(=O)(=O)N1CC(=O)N(c2ccccc2F)[C@](C)(C(=O)NC2CCCCCCC2)C1. The van der Waals surface area contributed by atoms with Gasteiger partial charge in [-0.3, -0.25) is 14.5 Å². The number of nitrogens with zero attached hydrogens (tertiary/aromatic N) is 2. The number of anilines is 1. The van der Waals surface area contributed by atoms with Gasteiger partial charge < -0.3 is 5.32 Å². The molecule has 9 heteroatoms. The van der Waals surface area contributed by atoms with Crippen LogP contribution in [0.1, 0.15) is 65.2 Å². The van der Waals surface area contributed by atoms with Crippen molar-refractivity contribution in [2.24, 2.45) is 0 Å². The molecule has 2 aliphatic rings. The van der Waals surface area contributed by atoms with E-state index in [4.69, 9.17) is 0 Å². The summed E-state index contributed by atoms with van der Waals surface area (Å²) in [5, 5.41) is 3.06. The minimum atomic E-state index is -3.72. The van der Waals surface area contributed by atoms with E-state index in [-0.39, 0.29) is 24.0 Å². The molecule has 3 rings (SSSR count). The van der Waals surface area contributed by atoms with E-state index in [1.807, 2.05) is 0 Å². The van der Waals surface area contributed by atoms with E-state index in [0.29, 0.717) is 6.42 Å². The minimum Gasteiger partial charge on any atom is -0.351 e. The third-order valence-electron chi connectivity index (χ3n) is 6.42. The Balaban J connectivity index is 1.96. The second-order valence-electron chi connectivity index (χ2n) is 9.05. The zero-order chi connectivity index (χ0) is 23.4. The maximum Gasteiger partial charge on any atom is 0.247 e. The summed E-state index contributed by atoms with van der Waals surface area (Å²) in [6.45, 7) is 2.65. The van der Waals surface area contributed by atoms with Crippen LogP contribution in [-0.4, -0.2) is 55.0 Å². The molecule has 1 atom stereocenters. The molecule has 2 fully saturated rings. The van der Waals surface area contributed by atoms with Crippen LogP contribution in [0, 0.1) is 5.82 Å². The number of rotatable bonds is 6. The summed E-state index contributed by atoms with van der Waals surface area (Å²) < 4.78 is 41.3. The van der Waals surface area contributed by atoms with Gasteiger partial charge in [0.1, 0.15) is 11.4 Å². The van der Waals surface area contributed by atoms with Gasteiger partial charge in [-0.2, -0.15) is 4.31 Å². The second-order valence-corrected chi connectivity index (χ2v) is 11.1. The van der Waals surface area contributed by atoms with Gasteiger partial charge in [-0.1, -0.05) is 51.2 Å². The van der Waals surface area contributed by atoms with Gasteiger partial charge in [-0.15, -0.1) is 0 Å². The van der Waals surface area contributed by atoms with Crippen molar-refractivity contribution in [2.45, 2.75) is 76.8 Å². The van der Waals surface area contributed by atoms with E-state index in [0.717, 1.165) is 47.7 Å². The summed E-state index contributed by atoms with van der Waals surface area (Å²) in [7, 11) is -3.72. The van der Waals surface area contributed by atoms with Crippen LogP contribution in [0.2, 0.25) is 0 Å². The highest BCUT2D eigenvalue weighted by atomic mass is 32.2. The minimum absolute atomic E-state index is 0.0136. The summed E-state index contributed by atoms with van der Waals surface area (Å²) in [5.74, 6) is -1.80. The zero-order valence-electron chi connectivity index (χ0n) is 19.0. The Bertz CT molecular complexity index is 931. The van der Waals surface area contributed by atoms with E-state index in [2.05, 4.69) is 5.32 Å². The molecule has 1 N–H and O–H groups in total. The van der Waals surface area contributed by atoms with E-state index < -0.39 is 39.7 Å². The molecule has 0 aromatic heterocycles. The number of benzene rings is 1. The number of carbonyl (C=O) groups is 2. The zero-order valence-corrected chi connectivity index (χ0v) is 19.8. The highest BCUT2D eigenvalue weighted by Crippen LogP contribution is 2.33. The van der Waals surface area contributed by atoms with Gasteiger partial charge in [0.25, 0.3) is 0 Å². The van der Waals surface area contributed by atoms with Crippen molar-refractivity contribution in [1.82, 2.24) is 9.62 Å². The molecule has 1 saturated carbocycles. The predicted octanol–water partition coefficient (Wildman–Crippen LogP) is 3.20. The van der Waals surface area contributed by atoms with Gasteiger partial charge in [0.05, 0.1) is 18.0 Å². The maximum atomic E-state index is 14.7. The van der Waals surface area contributed by atoms with Gasteiger partial charge in [-0.05, 0) is 38.3 Å². The molecule has 7 nitrogen and oxygen atoms in total. The first-order valence-electron chi connectivity index (χ1n) is 11.6. The largest absolute Gasteiger partial charge is 0.351 e. The number of hydrogen-bond acceptors (Lipinski definition) is 4. The summed E-state index contributed by atoms with van der Waals surface area (Å²) in [6, 6.07) is 5.75. The van der Waals surface area contributed by atoms with Crippen molar-refractivity contribution in [2.75, 3.05) is 23.7 Å². The first-order valence-corrected chi connectivity index (χ1v) is 13.2. The first-order chi connectivity index (χ1) is 15.2. The predicted molar refractivity (Wildman–Crippen MR) is 122 cm³/mol. The summed E-state index contributed by atoms with van der Waals surface area (Å²) in [6.07, 6.45) is 7.52. The lowest BCUT2D eigenvalue weighted by Gasteiger charge is -2.47. The summed E-state index contributed by atoms with van der Waals surface area (Å²) in [4.78, 5) is 28.0. The molecule has 1 heterocycles. The number of para-hydroxylation sites is 1. The molecule has 32 heavy (non-hydrogen) atoms. The Hall–Kier alpha value is -2.00. The molecule has 0 unspecified atom stereocenters. The Morgan fingerprint density at radius 2 is 1.78 bits per heavy atom. The third-order valence-corrected chi connectivity index (χ3v) is 8.39. The Morgan fingerprint density at radius 1 is 1.16 bits per heavy atom. The van der Waals surface area contributed by atoms with Crippen LogP contribution < -0.4 is 10.2 Å². The van der Waals surface area contributed by atoms with Crippen molar-refractivity contribution in [1.29, 1.82) is 0 Å². The number of nitrogens with one attached hydrogen (secondary N) is 1. The Kier molecular flexibility index (Phi) is 7.92. The van der Waals surface area contributed by atoms with Gasteiger partial charge in [0.15, 0.2) is 0 Å². The molecule has 1 aliphatic carbocycles. The van der Waals surface area contributed by atoms with Crippen LogP contribution in [0.4, 0.5) is 10.1 Å². The normalized spacial score (nSPS) is 24.1. The fourth-order valence-electron chi connectivity index (χ4n) is 4.70. The highest BCUT2D eigenvalue weighted by molar-refractivity contribution is 7.89. The average molecular weight is 468 g/mol. The highest BCUT2D eigenvalue weighted by Gasteiger charge is 2.51. The maximum absolute atomic E-state index is 14.7. The van der Waals surface area contributed by atoms with Crippen molar-refractivity contribution in [3.05, 3.63) is 30.1 Å². The molecule has 2 amide bonds. The standard InChI is InChI=1S/C23H34FN3O4S/c1-3-15-32(30,31)26-16-21(28)27(20-14-10-9-13-19(20)24)23(2,17-26)22(29)25-18-11-7-5-4-6-8-12-18/h9-10,13-14,18H,3-8,11-12,15-17H2,1-2H3,(H,25,29)/t23-/m0/s1. The monoisotopic (exact) mass is 467 g/mol. The van der Waals surface area contributed by atoms with Crippen molar-refractivity contribution < 1.29 is 22.4 Å². The number of piperazine rings is 1. The molecule has 0 bridgehead atoms. The van der Waals surface area contributed by atoms with Gasteiger partial charge in [-0.25, -0.2) is 12.8 Å². The fraction of sp³-hybridized carbons (Fsp3) is 0.652. The molecule has 1 aromatic carbocycles. The van der Waals surface area contributed by atoms with E-state index >= 15 is 0 Å². The molecular formula is C23H34FN3O4S. The van der Waals surface area contributed by atoms with Crippen LogP contribution in [0.3, 0.4) is 0 Å². The number of hydrogen-bond donors (Lipinski definition) is 1. The van der Waals surface area contributed by atoms with Crippen LogP contribution in [0.5, 0.6) is 0 Å². The van der Waals surface area contributed by atoms with Crippen molar-refractivity contribution in [3.8, 4) is 0 Å². The quantitative estimate of drug-likeness (QED) is 0.696. The van der Waals surface area contributed by atoms with Gasteiger partial charge in [0.2, 0.25) is 21.8 Å². The van der Waals surface area contributed by atoms with Crippen molar-refractivity contribution in [3.63, 3.8) is 0 Å². The third kappa shape index (κ3) is 5.31. The molecule has 0 radical (unpaired) electrons. The molecule has 1 aromatic rings. The smallest absolute Gasteiger partial charge is 0.247 e. The van der Waals surface area contributed by atoms with E-state index in [1.165, 1.54) is 31.5 Å². The summed E-state index contributed by atoms with van der Waals surface area (Å²) >= 11 is 0. The van der Waals surface area contributed by atoms with E-state index in [1.54, 1.807) is 13.0 Å². The molecule has 1 saturated heterocycles. The van der Waals surface area contributed by atoms with Crippen LogP contribution in [0.25, 0.3) is 0 Å². The number of sulfonamides is 1. The Morgan fingerprint density at radius 3 is 2.41 bits per heavy atom. The lowest BCUT2D eigenvalue weighted by molar-refractivity contribution is -0.133. The van der Waals surface area contributed by atoms with E-state index in [9.17, 15) is 22.4 Å². The lowest BCUT2D eigenvalue weighted by atomic mass is 9.92. The Labute approximate surface area is 190 Å². The first kappa shape index (κ1) is 24.6. The number of halogens is 1. The van der Waals surface area contributed by atoms with Crippen LogP contribution in [-0.2, 0) is 19.6 Å². The van der Waals surface area contributed by atoms with Crippen LogP contribution >= 0.6 is 0 Å². The topological polar surface area (TPSA) is 86.8 Å². The molecular weight excluding hydrogens is 433 g/mol. The average Bonchev–Trinajstić information content (AvgIpc) is 2.70. The number of carbonyl (C=O) groups excluding carboxylic acids is 2. The van der Waals surface area contributed by atoms with Crippen LogP contribution in [0.15, 0.2) is 24.3 Å². The lowest BCUT2D eigenvalue weighted by Crippen LogP contribution is -2.71. The molecule has 178 valence electrons. The van der Waals surface area contributed by atoms with Crippen molar-refractivity contribution >= 4 is 27.5 Å².